The fourth-order valence-corrected chi connectivity index (χ4v) is 3.56. The first kappa shape index (κ1) is 15.9. The smallest absolute Gasteiger partial charge is 0.143 e. The lowest BCUT2D eigenvalue weighted by atomic mass is 9.77. The monoisotopic (exact) mass is 346 g/mol. The summed E-state index contributed by atoms with van der Waals surface area (Å²) in [5.41, 5.74) is 2.88. The molecule has 2 rings (SSSR count). The summed E-state index contributed by atoms with van der Waals surface area (Å²) in [6.07, 6.45) is 4.80. The van der Waals surface area contributed by atoms with E-state index in [-0.39, 0.29) is 18.0 Å². The van der Waals surface area contributed by atoms with Gasteiger partial charge in [-0.25, -0.2) is 8.78 Å². The van der Waals surface area contributed by atoms with Gasteiger partial charge < -0.3 is 0 Å². The van der Waals surface area contributed by atoms with E-state index in [0.717, 1.165) is 19.3 Å². The molecule has 0 spiro atoms. The maximum atomic E-state index is 14.0. The van der Waals surface area contributed by atoms with Crippen LogP contribution in [0.15, 0.2) is 16.6 Å². The normalized spacial score (nSPS) is 24.6. The molecule has 1 aromatic rings. The van der Waals surface area contributed by atoms with Crippen LogP contribution in [0.25, 0.3) is 0 Å². The Kier molecular flexibility index (Phi) is 5.52. The third-order valence-electron chi connectivity index (χ3n) is 4.32. The highest BCUT2D eigenvalue weighted by Gasteiger charge is 2.28. The Hall–Kier alpha value is -0.520. The molecule has 1 aliphatic carbocycles. The fraction of sp³-hybridized carbons (Fsp3) is 0.600. The Balaban J connectivity index is 2.16. The van der Waals surface area contributed by atoms with E-state index >= 15 is 0 Å². The first-order valence-electron chi connectivity index (χ1n) is 7.11. The van der Waals surface area contributed by atoms with Crippen LogP contribution >= 0.6 is 15.9 Å². The molecule has 1 saturated carbocycles. The van der Waals surface area contributed by atoms with E-state index in [9.17, 15) is 8.78 Å². The van der Waals surface area contributed by atoms with Gasteiger partial charge in [-0.2, -0.15) is 0 Å². The Morgan fingerprint density at radius 2 is 2.15 bits per heavy atom. The van der Waals surface area contributed by atoms with E-state index in [2.05, 4.69) is 28.3 Å². The molecule has 1 fully saturated rings. The van der Waals surface area contributed by atoms with Crippen molar-refractivity contribution in [2.24, 2.45) is 17.7 Å². The molecule has 5 heteroatoms. The first-order valence-corrected chi connectivity index (χ1v) is 7.90. The lowest BCUT2D eigenvalue weighted by Gasteiger charge is -2.33. The molecule has 3 N–H and O–H groups in total. The van der Waals surface area contributed by atoms with Crippen LogP contribution in [0.5, 0.6) is 0 Å². The van der Waals surface area contributed by atoms with Crippen molar-refractivity contribution >= 4 is 15.9 Å². The summed E-state index contributed by atoms with van der Waals surface area (Å²) in [6.45, 7) is 2.22. The molecular weight excluding hydrogens is 326 g/mol. The third-order valence-corrected chi connectivity index (χ3v) is 4.94. The maximum absolute atomic E-state index is 14.0. The van der Waals surface area contributed by atoms with E-state index in [1.807, 2.05) is 0 Å². The third kappa shape index (κ3) is 3.57. The van der Waals surface area contributed by atoms with Gasteiger partial charge in [-0.05, 0) is 59.2 Å². The highest BCUT2D eigenvalue weighted by Crippen LogP contribution is 2.33. The van der Waals surface area contributed by atoms with Crippen LogP contribution in [0.3, 0.4) is 0 Å². The van der Waals surface area contributed by atoms with Gasteiger partial charge in [0.1, 0.15) is 11.6 Å². The Bertz CT molecular complexity index is 467. The predicted molar refractivity (Wildman–Crippen MR) is 80.0 cm³/mol. The topological polar surface area (TPSA) is 38.0 Å². The van der Waals surface area contributed by atoms with Gasteiger partial charge in [0.15, 0.2) is 0 Å². The molecule has 112 valence electrons. The summed E-state index contributed by atoms with van der Waals surface area (Å²) in [4.78, 5) is 0. The highest BCUT2D eigenvalue weighted by molar-refractivity contribution is 9.10. The van der Waals surface area contributed by atoms with Crippen LogP contribution in [0.4, 0.5) is 8.78 Å². The number of rotatable bonds is 4. The van der Waals surface area contributed by atoms with Crippen LogP contribution in [0.1, 0.15) is 38.2 Å². The Morgan fingerprint density at radius 1 is 1.40 bits per heavy atom. The number of halogens is 3. The number of nitrogens with two attached hydrogens (primary N) is 1. The molecule has 3 unspecified atom stereocenters. The number of nitrogens with one attached hydrogen (secondary N) is 1. The van der Waals surface area contributed by atoms with Crippen LogP contribution in [-0.4, -0.2) is 6.04 Å². The minimum Gasteiger partial charge on any atom is -0.271 e. The van der Waals surface area contributed by atoms with Gasteiger partial charge in [-0.1, -0.05) is 19.8 Å². The van der Waals surface area contributed by atoms with Crippen molar-refractivity contribution in [1.82, 2.24) is 5.43 Å². The molecule has 0 heterocycles. The van der Waals surface area contributed by atoms with Crippen molar-refractivity contribution in [3.63, 3.8) is 0 Å². The Morgan fingerprint density at radius 3 is 2.80 bits per heavy atom. The molecule has 20 heavy (non-hydrogen) atoms. The molecule has 0 radical (unpaired) electrons. The molecule has 0 amide bonds. The van der Waals surface area contributed by atoms with Gasteiger partial charge in [0.25, 0.3) is 0 Å². The van der Waals surface area contributed by atoms with E-state index in [1.54, 1.807) is 0 Å². The van der Waals surface area contributed by atoms with E-state index in [0.29, 0.717) is 16.3 Å². The second kappa shape index (κ2) is 6.96. The average molecular weight is 347 g/mol. The van der Waals surface area contributed by atoms with Crippen LogP contribution in [-0.2, 0) is 6.42 Å². The van der Waals surface area contributed by atoms with E-state index in [1.165, 1.54) is 18.6 Å². The van der Waals surface area contributed by atoms with Crippen molar-refractivity contribution in [1.29, 1.82) is 0 Å². The molecule has 0 aromatic heterocycles. The van der Waals surface area contributed by atoms with Crippen LogP contribution in [0, 0.1) is 23.5 Å². The van der Waals surface area contributed by atoms with Crippen molar-refractivity contribution in [3.05, 3.63) is 33.8 Å². The van der Waals surface area contributed by atoms with E-state index < -0.39 is 11.6 Å². The minimum absolute atomic E-state index is 0.0870. The van der Waals surface area contributed by atoms with Crippen molar-refractivity contribution in [2.45, 2.75) is 45.1 Å². The summed E-state index contributed by atoms with van der Waals surface area (Å²) in [5.74, 6) is 5.64. The summed E-state index contributed by atoms with van der Waals surface area (Å²) in [6, 6.07) is 2.59. The molecular formula is C15H21BrF2N2. The number of hydrogen-bond acceptors (Lipinski definition) is 2. The molecule has 0 bridgehead atoms. The average Bonchev–Trinajstić information content (AvgIpc) is 2.43. The second-order valence-corrected chi connectivity index (χ2v) is 6.69. The zero-order chi connectivity index (χ0) is 14.7. The minimum atomic E-state index is -0.519. The maximum Gasteiger partial charge on any atom is 0.143 e. The zero-order valence-electron chi connectivity index (χ0n) is 11.6. The van der Waals surface area contributed by atoms with Gasteiger partial charge in [0.05, 0.1) is 4.47 Å². The standard InChI is InChI=1S/C15H21BrF2N2/c1-9-3-2-4-10(7-9)14(20-19)8-11-13(17)6-5-12(16)15(11)18/h5-6,9-10,14,20H,2-4,7-8,19H2,1H3. The first-order chi connectivity index (χ1) is 9.52. The summed E-state index contributed by atoms with van der Waals surface area (Å²) in [7, 11) is 0. The Labute approximate surface area is 127 Å². The van der Waals surface area contributed by atoms with Crippen LogP contribution < -0.4 is 11.3 Å². The van der Waals surface area contributed by atoms with Gasteiger partial charge in [-0.3, -0.25) is 11.3 Å². The fourth-order valence-electron chi connectivity index (χ4n) is 3.18. The number of benzene rings is 1. The summed E-state index contributed by atoms with van der Waals surface area (Å²) < 4.78 is 28.2. The molecule has 0 saturated heterocycles. The molecule has 2 nitrogen and oxygen atoms in total. The second-order valence-electron chi connectivity index (χ2n) is 5.83. The van der Waals surface area contributed by atoms with E-state index in [4.69, 9.17) is 5.84 Å². The molecule has 0 aliphatic heterocycles. The predicted octanol–water partition coefficient (Wildman–Crippen LogP) is 3.93. The highest BCUT2D eigenvalue weighted by atomic mass is 79.9. The molecule has 1 aromatic carbocycles. The molecule has 3 atom stereocenters. The van der Waals surface area contributed by atoms with Crippen molar-refractivity contribution in [2.75, 3.05) is 0 Å². The van der Waals surface area contributed by atoms with Crippen LogP contribution in [0.2, 0.25) is 0 Å². The largest absolute Gasteiger partial charge is 0.271 e. The molecule has 1 aliphatic rings. The summed E-state index contributed by atoms with van der Waals surface area (Å²) in [5, 5.41) is 0. The zero-order valence-corrected chi connectivity index (χ0v) is 13.2. The van der Waals surface area contributed by atoms with Crippen molar-refractivity contribution < 1.29 is 8.78 Å². The van der Waals surface area contributed by atoms with Crippen molar-refractivity contribution in [3.8, 4) is 0 Å². The number of hydrazine groups is 1. The van der Waals surface area contributed by atoms with Gasteiger partial charge in [0, 0.05) is 11.6 Å². The van der Waals surface area contributed by atoms with Gasteiger partial charge in [0.2, 0.25) is 0 Å². The SMILES string of the molecule is CC1CCCC(C(Cc2c(F)ccc(Br)c2F)NN)C1. The quantitative estimate of drug-likeness (QED) is 0.492. The lowest BCUT2D eigenvalue weighted by Crippen LogP contribution is -2.44. The lowest BCUT2D eigenvalue weighted by molar-refractivity contribution is 0.220. The van der Waals surface area contributed by atoms with Gasteiger partial charge in [-0.15, -0.1) is 0 Å². The van der Waals surface area contributed by atoms with Gasteiger partial charge >= 0.3 is 0 Å². The number of hydrogen-bond donors (Lipinski definition) is 2. The summed E-state index contributed by atoms with van der Waals surface area (Å²) >= 11 is 3.10.